The van der Waals surface area contributed by atoms with E-state index < -0.39 is 4.92 Å². The van der Waals surface area contributed by atoms with Gasteiger partial charge in [-0.3, -0.25) is 14.9 Å². The van der Waals surface area contributed by atoms with Crippen molar-refractivity contribution in [3.63, 3.8) is 0 Å². The Morgan fingerprint density at radius 2 is 1.61 bits per heavy atom. The molecule has 8 nitrogen and oxygen atoms in total. The number of hydrogen-bond acceptors (Lipinski definition) is 5. The molecule has 0 saturated carbocycles. The first-order valence-electron chi connectivity index (χ1n) is 9.79. The van der Waals surface area contributed by atoms with E-state index >= 15 is 0 Å². The Labute approximate surface area is 176 Å². The molecule has 0 aliphatic rings. The quantitative estimate of drug-likeness (QED) is 0.334. The Morgan fingerprint density at radius 3 is 2.42 bits per heavy atom. The summed E-state index contributed by atoms with van der Waals surface area (Å²) in [4.78, 5) is 32.8. The second-order valence-electron chi connectivity index (χ2n) is 7.13. The zero-order chi connectivity index (χ0) is 21.4. The molecule has 1 amide bonds. The molecule has 2 aromatic heterocycles. The van der Waals surface area contributed by atoms with Crippen LogP contribution in [0.2, 0.25) is 0 Å². The van der Waals surface area contributed by atoms with Gasteiger partial charge in [0.25, 0.3) is 5.69 Å². The first-order chi connectivity index (χ1) is 15.1. The maximum Gasteiger partial charge on any atom is 0.292 e. The summed E-state index contributed by atoms with van der Waals surface area (Å²) < 4.78 is 1.98. The number of rotatable bonds is 5. The topological polar surface area (TPSA) is 103 Å². The van der Waals surface area contributed by atoms with E-state index in [1.807, 2.05) is 53.1 Å². The van der Waals surface area contributed by atoms with Gasteiger partial charge in [0.05, 0.1) is 21.5 Å². The Hall–Kier alpha value is -4.33. The Morgan fingerprint density at radius 1 is 0.935 bits per heavy atom. The number of aromatic nitrogens is 3. The third-order valence-corrected chi connectivity index (χ3v) is 5.20. The van der Waals surface area contributed by atoms with Crippen LogP contribution >= 0.6 is 0 Å². The molecular formula is C23H17N5O3. The van der Waals surface area contributed by atoms with Gasteiger partial charge in [-0.25, -0.2) is 9.97 Å². The Kier molecular flexibility index (Phi) is 4.51. The van der Waals surface area contributed by atoms with Crippen molar-refractivity contribution in [2.75, 3.05) is 5.32 Å². The van der Waals surface area contributed by atoms with Crippen LogP contribution in [-0.2, 0) is 11.3 Å². The van der Waals surface area contributed by atoms with E-state index in [1.54, 1.807) is 12.1 Å². The van der Waals surface area contributed by atoms with Gasteiger partial charge in [-0.15, -0.1) is 0 Å². The van der Waals surface area contributed by atoms with Crippen molar-refractivity contribution in [2.24, 2.45) is 0 Å². The normalized spacial score (nSPS) is 11.2. The first-order valence-corrected chi connectivity index (χ1v) is 9.79. The number of anilines is 1. The van der Waals surface area contributed by atoms with Crippen LogP contribution in [0.25, 0.3) is 33.1 Å². The van der Waals surface area contributed by atoms with Crippen molar-refractivity contribution >= 4 is 50.4 Å². The van der Waals surface area contributed by atoms with Crippen molar-refractivity contribution < 1.29 is 9.72 Å². The number of fused-ring (bicyclic) bond motifs is 4. The SMILES string of the molecule is O=C(CCn1c2ccccc2c2nc3ccccc3nc21)Nc1ccccc1[N+](=O)[O-]. The average molecular weight is 411 g/mol. The first kappa shape index (κ1) is 18.7. The highest BCUT2D eigenvalue weighted by atomic mass is 16.6. The third-order valence-electron chi connectivity index (χ3n) is 5.20. The van der Waals surface area contributed by atoms with Crippen LogP contribution < -0.4 is 5.32 Å². The van der Waals surface area contributed by atoms with Crippen LogP contribution in [0.3, 0.4) is 0 Å². The summed E-state index contributed by atoms with van der Waals surface area (Å²) in [6, 6.07) is 21.6. The number of carbonyl (C=O) groups excluding carboxylic acids is 1. The third kappa shape index (κ3) is 3.33. The van der Waals surface area contributed by atoms with Gasteiger partial charge in [0.1, 0.15) is 11.2 Å². The lowest BCUT2D eigenvalue weighted by Crippen LogP contribution is -2.15. The average Bonchev–Trinajstić information content (AvgIpc) is 3.09. The predicted octanol–water partition coefficient (Wildman–Crippen LogP) is 4.67. The summed E-state index contributed by atoms with van der Waals surface area (Å²) in [7, 11) is 0. The molecule has 3 aromatic carbocycles. The number of amides is 1. The molecule has 0 saturated heterocycles. The predicted molar refractivity (Wildman–Crippen MR) is 119 cm³/mol. The summed E-state index contributed by atoms with van der Waals surface area (Å²) in [5.74, 6) is -0.311. The van der Waals surface area contributed by atoms with Crippen molar-refractivity contribution in [2.45, 2.75) is 13.0 Å². The fourth-order valence-corrected chi connectivity index (χ4v) is 3.77. The summed E-state index contributed by atoms with van der Waals surface area (Å²) in [5, 5.41) is 14.8. The highest BCUT2D eigenvalue weighted by Crippen LogP contribution is 2.29. The number of aryl methyl sites for hydroxylation is 1. The zero-order valence-electron chi connectivity index (χ0n) is 16.4. The lowest BCUT2D eigenvalue weighted by Gasteiger charge is -2.08. The Bertz CT molecular complexity index is 1470. The summed E-state index contributed by atoms with van der Waals surface area (Å²) in [6.07, 6.45) is 0.133. The number of nitrogens with zero attached hydrogens (tertiary/aromatic N) is 4. The van der Waals surface area contributed by atoms with Crippen molar-refractivity contribution in [3.05, 3.63) is 82.9 Å². The van der Waals surface area contributed by atoms with Crippen LogP contribution in [0, 0.1) is 10.1 Å². The van der Waals surface area contributed by atoms with Crippen molar-refractivity contribution in [3.8, 4) is 0 Å². The second kappa shape index (κ2) is 7.49. The molecule has 31 heavy (non-hydrogen) atoms. The molecule has 0 aliphatic carbocycles. The van der Waals surface area contributed by atoms with Crippen LogP contribution in [0.5, 0.6) is 0 Å². The zero-order valence-corrected chi connectivity index (χ0v) is 16.4. The van der Waals surface area contributed by atoms with Crippen molar-refractivity contribution in [1.82, 2.24) is 14.5 Å². The van der Waals surface area contributed by atoms with E-state index in [0.717, 1.165) is 27.5 Å². The van der Waals surface area contributed by atoms with Crippen LogP contribution in [0.4, 0.5) is 11.4 Å². The molecule has 0 spiro atoms. The minimum absolute atomic E-state index is 0.133. The molecule has 5 rings (SSSR count). The molecule has 0 aliphatic heterocycles. The van der Waals surface area contributed by atoms with E-state index in [4.69, 9.17) is 9.97 Å². The van der Waals surface area contributed by atoms with Gasteiger partial charge in [0, 0.05) is 24.4 Å². The molecule has 0 bridgehead atoms. The largest absolute Gasteiger partial charge is 0.323 e. The Balaban J connectivity index is 1.49. The van der Waals surface area contributed by atoms with Gasteiger partial charge in [-0.05, 0) is 24.3 Å². The summed E-state index contributed by atoms with van der Waals surface area (Å²) in [6.45, 7) is 0.365. The molecule has 152 valence electrons. The highest BCUT2D eigenvalue weighted by molar-refractivity contribution is 6.06. The number of benzene rings is 3. The fraction of sp³-hybridized carbons (Fsp3) is 0.0870. The number of carbonyl (C=O) groups is 1. The van der Waals surface area contributed by atoms with E-state index in [-0.39, 0.29) is 23.7 Å². The number of para-hydroxylation sites is 5. The molecule has 8 heteroatoms. The summed E-state index contributed by atoms with van der Waals surface area (Å²) in [5.41, 5.74) is 4.07. The second-order valence-corrected chi connectivity index (χ2v) is 7.13. The van der Waals surface area contributed by atoms with E-state index in [2.05, 4.69) is 5.32 Å². The van der Waals surface area contributed by atoms with Gasteiger partial charge in [0.15, 0.2) is 5.65 Å². The molecule has 1 N–H and O–H groups in total. The van der Waals surface area contributed by atoms with Crippen molar-refractivity contribution in [1.29, 1.82) is 0 Å². The number of nitro groups is 1. The number of hydrogen-bond donors (Lipinski definition) is 1. The molecule has 2 heterocycles. The molecule has 0 fully saturated rings. The number of nitro benzene ring substituents is 1. The van der Waals surface area contributed by atoms with Gasteiger partial charge in [-0.1, -0.05) is 42.5 Å². The lowest BCUT2D eigenvalue weighted by atomic mass is 10.2. The molecule has 0 unspecified atom stereocenters. The molecular weight excluding hydrogens is 394 g/mol. The highest BCUT2D eigenvalue weighted by Gasteiger charge is 2.17. The van der Waals surface area contributed by atoms with Crippen LogP contribution in [0.1, 0.15) is 6.42 Å². The molecule has 5 aromatic rings. The lowest BCUT2D eigenvalue weighted by molar-refractivity contribution is -0.383. The van der Waals surface area contributed by atoms with Gasteiger partial charge >= 0.3 is 0 Å². The van der Waals surface area contributed by atoms with E-state index in [0.29, 0.717) is 12.2 Å². The van der Waals surface area contributed by atoms with Gasteiger partial charge < -0.3 is 9.88 Å². The minimum Gasteiger partial charge on any atom is -0.323 e. The monoisotopic (exact) mass is 411 g/mol. The van der Waals surface area contributed by atoms with Gasteiger partial charge in [0.2, 0.25) is 5.91 Å². The minimum atomic E-state index is -0.511. The maximum atomic E-state index is 12.6. The van der Waals surface area contributed by atoms with Crippen LogP contribution in [0.15, 0.2) is 72.8 Å². The standard InChI is InChI=1S/C23H17N5O3/c29-21(24-18-10-4-6-12-20(18)28(30)31)13-14-27-19-11-5-1-7-15(19)22-23(27)26-17-9-3-2-8-16(17)25-22/h1-12H,13-14H2,(H,24,29). The molecule has 0 atom stereocenters. The maximum absolute atomic E-state index is 12.6. The fourth-order valence-electron chi connectivity index (χ4n) is 3.77. The number of nitrogens with one attached hydrogen (secondary N) is 1. The summed E-state index contributed by atoms with van der Waals surface area (Å²) >= 11 is 0. The van der Waals surface area contributed by atoms with Gasteiger partial charge in [-0.2, -0.15) is 0 Å². The van der Waals surface area contributed by atoms with Crippen LogP contribution in [-0.4, -0.2) is 25.4 Å². The van der Waals surface area contributed by atoms with E-state index in [1.165, 1.54) is 12.1 Å². The smallest absolute Gasteiger partial charge is 0.292 e. The molecule has 0 radical (unpaired) electrons. The van der Waals surface area contributed by atoms with E-state index in [9.17, 15) is 14.9 Å².